The molecule has 28 heavy (non-hydrogen) atoms. The predicted molar refractivity (Wildman–Crippen MR) is 107 cm³/mol. The molecule has 0 aromatic heterocycles. The zero-order valence-electron chi connectivity index (χ0n) is 16.6. The first-order valence-electron chi connectivity index (χ1n) is 10.1. The van der Waals surface area contributed by atoms with Crippen LogP contribution >= 0.6 is 0 Å². The average molecular weight is 386 g/mol. The van der Waals surface area contributed by atoms with Crippen LogP contribution in [-0.4, -0.2) is 78.2 Å². The van der Waals surface area contributed by atoms with Gasteiger partial charge in [-0.1, -0.05) is 17.7 Å². The Morgan fingerprint density at radius 3 is 2.43 bits per heavy atom. The van der Waals surface area contributed by atoms with E-state index in [0.29, 0.717) is 52.1 Å². The fourth-order valence-electron chi connectivity index (χ4n) is 4.00. The second-order valence-electron chi connectivity index (χ2n) is 7.85. The van der Waals surface area contributed by atoms with Gasteiger partial charge in [0.25, 0.3) is 5.91 Å². The third-order valence-electron chi connectivity index (χ3n) is 5.75. The van der Waals surface area contributed by atoms with Gasteiger partial charge in [0.1, 0.15) is 0 Å². The molecule has 7 heteroatoms. The summed E-state index contributed by atoms with van der Waals surface area (Å²) in [5, 5.41) is 0. The molecule has 0 radical (unpaired) electrons. The van der Waals surface area contributed by atoms with Crippen molar-refractivity contribution in [1.82, 2.24) is 14.7 Å². The van der Waals surface area contributed by atoms with E-state index in [2.05, 4.69) is 4.90 Å². The van der Waals surface area contributed by atoms with E-state index in [4.69, 9.17) is 5.73 Å². The van der Waals surface area contributed by atoms with Crippen molar-refractivity contribution in [2.24, 2.45) is 11.7 Å². The van der Waals surface area contributed by atoms with Crippen molar-refractivity contribution < 1.29 is 14.4 Å². The number of amides is 3. The largest absolute Gasteiger partial charge is 0.369 e. The topological polar surface area (TPSA) is 87.0 Å². The Hall–Kier alpha value is -2.41. The number of hydrogen-bond donors (Lipinski definition) is 1. The highest BCUT2D eigenvalue weighted by molar-refractivity contribution is 5.94. The highest BCUT2D eigenvalue weighted by Crippen LogP contribution is 2.17. The summed E-state index contributed by atoms with van der Waals surface area (Å²) in [6.07, 6.45) is 2.16. The predicted octanol–water partition coefficient (Wildman–Crippen LogP) is 0.867. The molecular weight excluding hydrogens is 356 g/mol. The van der Waals surface area contributed by atoms with Crippen LogP contribution in [0.25, 0.3) is 0 Å². The summed E-state index contributed by atoms with van der Waals surface area (Å²) in [5.41, 5.74) is 7.16. The van der Waals surface area contributed by atoms with Crippen LogP contribution in [0.15, 0.2) is 24.3 Å². The fraction of sp³-hybridized carbons (Fsp3) is 0.571. The smallest absolute Gasteiger partial charge is 0.253 e. The van der Waals surface area contributed by atoms with Crippen LogP contribution in [0.5, 0.6) is 0 Å². The van der Waals surface area contributed by atoms with Crippen LogP contribution in [0.3, 0.4) is 0 Å². The summed E-state index contributed by atoms with van der Waals surface area (Å²) in [5.74, 6) is -0.215. The Morgan fingerprint density at radius 1 is 1.00 bits per heavy atom. The monoisotopic (exact) mass is 386 g/mol. The molecule has 2 N–H and O–H groups in total. The lowest BCUT2D eigenvalue weighted by atomic mass is 9.96. The van der Waals surface area contributed by atoms with Crippen LogP contribution in [0.2, 0.25) is 0 Å². The first kappa shape index (κ1) is 20.3. The van der Waals surface area contributed by atoms with Gasteiger partial charge in [0, 0.05) is 50.7 Å². The van der Waals surface area contributed by atoms with Crippen LogP contribution < -0.4 is 5.73 Å². The zero-order chi connectivity index (χ0) is 20.1. The molecule has 2 saturated heterocycles. The number of primary amides is 1. The van der Waals surface area contributed by atoms with Crippen molar-refractivity contribution >= 4 is 17.7 Å². The van der Waals surface area contributed by atoms with E-state index in [1.54, 1.807) is 0 Å². The number of aryl methyl sites for hydroxylation is 1. The van der Waals surface area contributed by atoms with Gasteiger partial charge in [-0.25, -0.2) is 0 Å². The molecule has 0 bridgehead atoms. The molecule has 0 atom stereocenters. The number of nitrogens with zero attached hydrogens (tertiary/aromatic N) is 3. The first-order chi connectivity index (χ1) is 13.4. The van der Waals surface area contributed by atoms with Crippen molar-refractivity contribution in [1.29, 1.82) is 0 Å². The summed E-state index contributed by atoms with van der Waals surface area (Å²) >= 11 is 0. The Morgan fingerprint density at radius 2 is 1.75 bits per heavy atom. The third kappa shape index (κ3) is 5.10. The molecule has 7 nitrogen and oxygen atoms in total. The Kier molecular flexibility index (Phi) is 6.67. The summed E-state index contributed by atoms with van der Waals surface area (Å²) in [4.78, 5) is 42.5. The highest BCUT2D eigenvalue weighted by atomic mass is 16.2. The molecule has 1 aromatic rings. The molecule has 0 spiro atoms. The lowest BCUT2D eigenvalue weighted by molar-refractivity contribution is -0.135. The molecule has 2 aliphatic heterocycles. The minimum absolute atomic E-state index is 0.0606. The Balaban J connectivity index is 1.49. The first-order valence-corrected chi connectivity index (χ1v) is 10.1. The van der Waals surface area contributed by atoms with Gasteiger partial charge >= 0.3 is 0 Å². The van der Waals surface area contributed by atoms with Crippen molar-refractivity contribution in [3.8, 4) is 0 Å². The molecule has 3 amide bonds. The highest BCUT2D eigenvalue weighted by Gasteiger charge is 2.27. The SMILES string of the molecule is Cc1cccc(C(=O)N2CCCN(CC(=O)N3CCC(C(N)=O)CC3)CC2)c1. The lowest BCUT2D eigenvalue weighted by Gasteiger charge is -2.32. The maximum Gasteiger partial charge on any atom is 0.253 e. The lowest BCUT2D eigenvalue weighted by Crippen LogP contribution is -2.46. The van der Waals surface area contributed by atoms with Crippen LogP contribution in [0.1, 0.15) is 35.2 Å². The Labute approximate surface area is 166 Å². The number of rotatable bonds is 4. The number of likely N-dealkylation sites (tertiary alicyclic amines) is 1. The molecule has 1 aromatic carbocycles. The van der Waals surface area contributed by atoms with Gasteiger partial charge in [0.2, 0.25) is 11.8 Å². The number of carbonyl (C=O) groups is 3. The third-order valence-corrected chi connectivity index (χ3v) is 5.75. The number of benzene rings is 1. The summed E-state index contributed by atoms with van der Waals surface area (Å²) < 4.78 is 0. The van der Waals surface area contributed by atoms with Gasteiger partial charge in [0.15, 0.2) is 0 Å². The van der Waals surface area contributed by atoms with Gasteiger partial charge in [-0.2, -0.15) is 0 Å². The number of piperidine rings is 1. The van der Waals surface area contributed by atoms with E-state index in [1.165, 1.54) is 0 Å². The second kappa shape index (κ2) is 9.19. The molecule has 0 unspecified atom stereocenters. The van der Waals surface area contributed by atoms with Gasteiger partial charge in [-0.15, -0.1) is 0 Å². The number of carbonyl (C=O) groups excluding carboxylic acids is 3. The number of nitrogens with two attached hydrogens (primary N) is 1. The van der Waals surface area contributed by atoms with Gasteiger partial charge in [-0.05, 0) is 38.3 Å². The van der Waals surface area contributed by atoms with Crippen LogP contribution in [0, 0.1) is 12.8 Å². The summed E-state index contributed by atoms with van der Waals surface area (Å²) in [6, 6.07) is 7.67. The molecule has 0 aliphatic carbocycles. The molecule has 2 heterocycles. The van der Waals surface area contributed by atoms with Gasteiger partial charge < -0.3 is 15.5 Å². The van der Waals surface area contributed by atoms with E-state index in [1.807, 2.05) is 41.0 Å². The molecule has 152 valence electrons. The van der Waals surface area contributed by atoms with Gasteiger partial charge in [-0.3, -0.25) is 19.3 Å². The summed E-state index contributed by atoms with van der Waals surface area (Å²) in [6.45, 7) is 6.39. The van der Waals surface area contributed by atoms with Gasteiger partial charge in [0.05, 0.1) is 6.54 Å². The standard InChI is InChI=1S/C21H30N4O3/c1-16-4-2-5-18(14-16)21(28)25-9-3-8-23(12-13-25)15-19(26)24-10-6-17(7-11-24)20(22)27/h2,4-5,14,17H,3,6-13,15H2,1H3,(H2,22,27). The van der Waals surface area contributed by atoms with Crippen LogP contribution in [-0.2, 0) is 9.59 Å². The van der Waals surface area contributed by atoms with E-state index in [0.717, 1.165) is 24.1 Å². The quantitative estimate of drug-likeness (QED) is 0.832. The second-order valence-corrected chi connectivity index (χ2v) is 7.85. The Bertz CT molecular complexity index is 728. The van der Waals surface area contributed by atoms with E-state index in [9.17, 15) is 14.4 Å². The van der Waals surface area contributed by atoms with Crippen molar-refractivity contribution in [3.63, 3.8) is 0 Å². The maximum atomic E-state index is 12.8. The van der Waals surface area contributed by atoms with E-state index < -0.39 is 0 Å². The fourth-order valence-corrected chi connectivity index (χ4v) is 4.00. The minimum Gasteiger partial charge on any atom is -0.369 e. The molecular formula is C21H30N4O3. The molecule has 3 rings (SSSR count). The zero-order valence-corrected chi connectivity index (χ0v) is 16.6. The van der Waals surface area contributed by atoms with E-state index >= 15 is 0 Å². The van der Waals surface area contributed by atoms with Crippen molar-refractivity contribution in [2.45, 2.75) is 26.2 Å². The molecule has 0 saturated carbocycles. The number of hydrogen-bond acceptors (Lipinski definition) is 4. The average Bonchev–Trinajstić information content (AvgIpc) is 2.93. The van der Waals surface area contributed by atoms with E-state index in [-0.39, 0.29) is 23.6 Å². The molecule has 2 aliphatic rings. The van der Waals surface area contributed by atoms with Crippen molar-refractivity contribution in [3.05, 3.63) is 35.4 Å². The minimum atomic E-state index is -0.266. The summed E-state index contributed by atoms with van der Waals surface area (Å²) in [7, 11) is 0. The normalized spacial score (nSPS) is 19.3. The van der Waals surface area contributed by atoms with Crippen molar-refractivity contribution in [2.75, 3.05) is 45.8 Å². The van der Waals surface area contributed by atoms with Crippen LogP contribution in [0.4, 0.5) is 0 Å². The maximum absolute atomic E-state index is 12.8. The molecule has 2 fully saturated rings.